The number of aromatic hydroxyl groups is 1. The van der Waals surface area contributed by atoms with Gasteiger partial charge in [-0.1, -0.05) is 80.1 Å². The second-order valence-electron chi connectivity index (χ2n) is 13.9. The Morgan fingerprint density at radius 1 is 1.11 bits per heavy atom. The van der Waals surface area contributed by atoms with Gasteiger partial charge in [-0.2, -0.15) is 0 Å². The van der Waals surface area contributed by atoms with E-state index in [0.717, 1.165) is 54.6 Å². The highest BCUT2D eigenvalue weighted by Crippen LogP contribution is 2.65. The van der Waals surface area contributed by atoms with E-state index in [1.54, 1.807) is 12.1 Å². The van der Waals surface area contributed by atoms with Crippen LogP contribution in [0.15, 0.2) is 72.8 Å². The minimum Gasteiger partial charge on any atom is -0.504 e. The number of aryl methyl sites for hydroxylation is 1. The third kappa shape index (κ3) is 4.57. The molecule has 3 aromatic rings. The molecule has 3 aromatic carbocycles. The normalized spacial score (nSPS) is 28.6. The summed E-state index contributed by atoms with van der Waals surface area (Å²) in [5.74, 6) is 0.862. The van der Waals surface area contributed by atoms with Gasteiger partial charge in [0.25, 0.3) is 0 Å². The molecular formula is C38H44N2O4. The van der Waals surface area contributed by atoms with Gasteiger partial charge in [-0.15, -0.1) is 0 Å². The number of hydrogen-bond acceptors (Lipinski definition) is 5. The monoisotopic (exact) mass is 592 g/mol. The van der Waals surface area contributed by atoms with Gasteiger partial charge < -0.3 is 19.8 Å². The van der Waals surface area contributed by atoms with Crippen LogP contribution in [0.5, 0.6) is 11.5 Å². The minimum atomic E-state index is -1.01. The predicted octanol–water partition coefficient (Wildman–Crippen LogP) is 5.66. The first-order valence-electron chi connectivity index (χ1n) is 16.3. The summed E-state index contributed by atoms with van der Waals surface area (Å²) in [6.07, 6.45) is 6.77. The van der Waals surface area contributed by atoms with Crippen LogP contribution in [0.2, 0.25) is 0 Å². The maximum Gasteiger partial charge on any atom is 0.246 e. The molecule has 4 aliphatic rings. The minimum absolute atomic E-state index is 0.0382. The molecule has 1 amide bonds. The Bertz CT molecular complexity index is 1580. The molecule has 2 aliphatic carbocycles. The molecule has 0 aromatic heterocycles. The summed E-state index contributed by atoms with van der Waals surface area (Å²) in [6.45, 7) is 8.64. The van der Waals surface area contributed by atoms with Gasteiger partial charge in [-0.25, -0.2) is 0 Å². The third-order valence-corrected chi connectivity index (χ3v) is 10.8. The van der Waals surface area contributed by atoms with E-state index in [-0.39, 0.29) is 29.7 Å². The molecule has 230 valence electrons. The molecule has 7 rings (SSSR count). The largest absolute Gasteiger partial charge is 0.504 e. The number of piperidine rings is 1. The molecular weight excluding hydrogens is 548 g/mol. The van der Waals surface area contributed by atoms with Gasteiger partial charge in [0, 0.05) is 30.8 Å². The highest BCUT2D eigenvalue weighted by Gasteiger charge is 2.73. The van der Waals surface area contributed by atoms with Crippen LogP contribution >= 0.6 is 0 Å². The Morgan fingerprint density at radius 2 is 1.93 bits per heavy atom. The summed E-state index contributed by atoms with van der Waals surface area (Å²) in [4.78, 5) is 18.5. The molecule has 2 aliphatic heterocycles. The van der Waals surface area contributed by atoms with Crippen molar-refractivity contribution in [1.29, 1.82) is 0 Å². The number of phenols is 1. The number of rotatable bonds is 8. The maximum atomic E-state index is 14.0. The SMILES string of the molecule is Cc1cccc(C=CC(=O)N(CC(C)C)[C@H]2CC[C@@]3(O)[C@H]4Cc5ccc(O)c6c5[C@@]3(CCN4CCc3ccccc3)[C@H]2O6)c1. The van der Waals surface area contributed by atoms with E-state index in [1.807, 2.05) is 35.2 Å². The molecule has 6 nitrogen and oxygen atoms in total. The number of nitrogens with zero attached hydrogens (tertiary/aromatic N) is 2. The van der Waals surface area contributed by atoms with E-state index in [4.69, 9.17) is 4.74 Å². The lowest BCUT2D eigenvalue weighted by molar-refractivity contribution is -0.201. The van der Waals surface area contributed by atoms with Gasteiger partial charge >= 0.3 is 0 Å². The standard InChI is InChI=1S/C38H44N2O4/c1-25(2)24-40(33(42)15-12-28-11-7-8-26(3)22-28)30-16-18-38(43)32-23-29-13-14-31(41)35-34(29)37(38,36(30)44-35)19-21-39(32)20-17-27-9-5-4-6-10-27/h4-15,22,25,30,32,36,41,43H,16-21,23-24H2,1-3H3/t30-,32+,36-,37-,38+/m0/s1. The number of carbonyl (C=O) groups is 1. The number of amides is 1. The summed E-state index contributed by atoms with van der Waals surface area (Å²) in [5, 5.41) is 24.0. The number of benzene rings is 3. The summed E-state index contributed by atoms with van der Waals surface area (Å²) >= 11 is 0. The molecule has 0 radical (unpaired) electrons. The molecule has 1 saturated heterocycles. The van der Waals surface area contributed by atoms with Crippen molar-refractivity contribution in [1.82, 2.24) is 9.80 Å². The van der Waals surface area contributed by atoms with Crippen LogP contribution in [0.3, 0.4) is 0 Å². The van der Waals surface area contributed by atoms with Gasteiger partial charge in [0.15, 0.2) is 11.5 Å². The molecule has 44 heavy (non-hydrogen) atoms. The van der Waals surface area contributed by atoms with E-state index in [2.05, 4.69) is 62.1 Å². The molecule has 0 unspecified atom stereocenters. The molecule has 2 bridgehead atoms. The van der Waals surface area contributed by atoms with Crippen molar-refractivity contribution in [3.8, 4) is 11.5 Å². The lowest BCUT2D eigenvalue weighted by Crippen LogP contribution is -2.78. The summed E-state index contributed by atoms with van der Waals surface area (Å²) in [6, 6.07) is 22.2. The fourth-order valence-electron chi connectivity index (χ4n) is 8.93. The van der Waals surface area contributed by atoms with E-state index >= 15 is 0 Å². The van der Waals surface area contributed by atoms with Crippen molar-refractivity contribution < 1.29 is 19.7 Å². The van der Waals surface area contributed by atoms with Crippen LogP contribution in [-0.4, -0.2) is 69.3 Å². The fraction of sp³-hybridized carbons (Fsp3) is 0.447. The Hall–Kier alpha value is -3.61. The number of hydrogen-bond donors (Lipinski definition) is 2. The van der Waals surface area contributed by atoms with Crippen LogP contribution in [0.25, 0.3) is 6.08 Å². The maximum absolute atomic E-state index is 14.0. The zero-order valence-electron chi connectivity index (χ0n) is 26.1. The van der Waals surface area contributed by atoms with Crippen LogP contribution < -0.4 is 4.74 Å². The zero-order valence-corrected chi connectivity index (χ0v) is 26.1. The summed E-state index contributed by atoms with van der Waals surface area (Å²) in [5.41, 5.74) is 3.90. The van der Waals surface area contributed by atoms with E-state index in [1.165, 1.54) is 5.56 Å². The van der Waals surface area contributed by atoms with Crippen molar-refractivity contribution in [2.24, 2.45) is 5.92 Å². The van der Waals surface area contributed by atoms with Crippen molar-refractivity contribution in [3.05, 3.63) is 101 Å². The number of aliphatic hydroxyl groups is 1. The van der Waals surface area contributed by atoms with Crippen molar-refractivity contribution in [2.75, 3.05) is 19.6 Å². The lowest BCUT2D eigenvalue weighted by atomic mass is 9.48. The van der Waals surface area contributed by atoms with Crippen molar-refractivity contribution in [3.63, 3.8) is 0 Å². The molecule has 1 saturated carbocycles. The van der Waals surface area contributed by atoms with Crippen LogP contribution in [0.4, 0.5) is 0 Å². The van der Waals surface area contributed by atoms with E-state index < -0.39 is 17.1 Å². The summed E-state index contributed by atoms with van der Waals surface area (Å²) in [7, 11) is 0. The highest BCUT2D eigenvalue weighted by molar-refractivity contribution is 5.92. The molecule has 5 atom stereocenters. The van der Waals surface area contributed by atoms with E-state index in [9.17, 15) is 15.0 Å². The number of phenolic OH excluding ortho intramolecular Hbond substituents is 1. The van der Waals surface area contributed by atoms with E-state index in [0.29, 0.717) is 25.1 Å². The van der Waals surface area contributed by atoms with Crippen LogP contribution in [0.1, 0.15) is 60.9 Å². The summed E-state index contributed by atoms with van der Waals surface area (Å²) < 4.78 is 6.80. The highest BCUT2D eigenvalue weighted by atomic mass is 16.5. The molecule has 6 heteroatoms. The Labute approximate surface area is 261 Å². The lowest BCUT2D eigenvalue weighted by Gasteiger charge is -2.65. The van der Waals surface area contributed by atoms with Crippen LogP contribution in [0, 0.1) is 12.8 Å². The van der Waals surface area contributed by atoms with Gasteiger partial charge in [0.05, 0.1) is 17.1 Å². The first kappa shape index (κ1) is 29.1. The smallest absolute Gasteiger partial charge is 0.246 e. The molecule has 2 heterocycles. The average molecular weight is 593 g/mol. The Balaban J connectivity index is 1.25. The average Bonchev–Trinajstić information content (AvgIpc) is 3.36. The van der Waals surface area contributed by atoms with Gasteiger partial charge in [0.1, 0.15) is 6.10 Å². The number of ether oxygens (including phenoxy) is 1. The number of carbonyl (C=O) groups excluding carboxylic acids is 1. The predicted molar refractivity (Wildman–Crippen MR) is 173 cm³/mol. The first-order valence-corrected chi connectivity index (χ1v) is 16.3. The van der Waals surface area contributed by atoms with Crippen molar-refractivity contribution >= 4 is 12.0 Å². The molecule has 2 fully saturated rings. The van der Waals surface area contributed by atoms with Gasteiger partial charge in [-0.3, -0.25) is 9.69 Å². The molecule has 2 N–H and O–H groups in total. The second-order valence-corrected chi connectivity index (χ2v) is 13.9. The van der Waals surface area contributed by atoms with Gasteiger partial charge in [0.2, 0.25) is 5.91 Å². The zero-order chi connectivity index (χ0) is 30.6. The topological polar surface area (TPSA) is 73.2 Å². The Morgan fingerprint density at radius 3 is 2.70 bits per heavy atom. The molecule has 1 spiro atoms. The third-order valence-electron chi connectivity index (χ3n) is 10.8. The number of likely N-dealkylation sites (tertiary alicyclic amines) is 1. The van der Waals surface area contributed by atoms with Gasteiger partial charge in [-0.05, 0) is 80.3 Å². The van der Waals surface area contributed by atoms with Crippen LogP contribution in [-0.2, 0) is 23.1 Å². The Kier molecular flexibility index (Phi) is 7.33. The first-order chi connectivity index (χ1) is 21.2. The fourth-order valence-corrected chi connectivity index (χ4v) is 8.93. The quantitative estimate of drug-likeness (QED) is 0.330. The van der Waals surface area contributed by atoms with Crippen molar-refractivity contribution in [2.45, 2.75) is 82.1 Å². The second kappa shape index (κ2) is 11.1.